The van der Waals surface area contributed by atoms with E-state index < -0.39 is 0 Å². The molecule has 0 saturated heterocycles. The van der Waals surface area contributed by atoms with Gasteiger partial charge in [0.15, 0.2) is 0 Å². The van der Waals surface area contributed by atoms with Crippen molar-refractivity contribution in [1.82, 2.24) is 9.88 Å². The number of benzene rings is 1. The van der Waals surface area contributed by atoms with Crippen molar-refractivity contribution in [3.8, 4) is 5.88 Å². The highest BCUT2D eigenvalue weighted by Gasteiger charge is 2.05. The van der Waals surface area contributed by atoms with E-state index in [0.717, 1.165) is 17.9 Å². The molecule has 5 heteroatoms. The van der Waals surface area contributed by atoms with Crippen LogP contribution in [-0.2, 0) is 6.61 Å². The first kappa shape index (κ1) is 17.3. The van der Waals surface area contributed by atoms with E-state index in [-0.39, 0.29) is 0 Å². The second kappa shape index (κ2) is 8.58. The van der Waals surface area contributed by atoms with Crippen LogP contribution in [0.25, 0.3) is 0 Å². The van der Waals surface area contributed by atoms with Crippen molar-refractivity contribution in [2.24, 2.45) is 4.99 Å². The first-order chi connectivity index (χ1) is 11.1. The molecule has 0 atom stereocenters. The lowest BCUT2D eigenvalue weighted by atomic mass is 10.2. The number of thioether (sulfide) groups is 1. The summed E-state index contributed by atoms with van der Waals surface area (Å²) in [5, 5.41) is 0. The van der Waals surface area contributed by atoms with Gasteiger partial charge in [-0.15, -0.1) is 11.8 Å². The summed E-state index contributed by atoms with van der Waals surface area (Å²) >= 11 is 1.72. The Labute approximate surface area is 142 Å². The first-order valence-electron chi connectivity index (χ1n) is 7.60. The molecule has 4 nitrogen and oxygen atoms in total. The molecule has 0 aliphatic heterocycles. The molecule has 122 valence electrons. The number of ether oxygens (including phenoxy) is 1. The molecule has 0 amide bonds. The maximum Gasteiger partial charge on any atom is 0.213 e. The van der Waals surface area contributed by atoms with Gasteiger partial charge in [0.2, 0.25) is 5.88 Å². The Morgan fingerprint density at radius 3 is 2.74 bits per heavy atom. The SMILES string of the molecule is CCN(C)/C=N/c1ccc(OCc2ccccc2SC)nc1C. The maximum atomic E-state index is 5.83. The van der Waals surface area contributed by atoms with Crippen LogP contribution >= 0.6 is 11.8 Å². The Morgan fingerprint density at radius 2 is 2.04 bits per heavy atom. The van der Waals surface area contributed by atoms with Gasteiger partial charge in [-0.3, -0.25) is 0 Å². The summed E-state index contributed by atoms with van der Waals surface area (Å²) in [5.74, 6) is 0.626. The normalized spacial score (nSPS) is 11.0. The molecule has 0 unspecified atom stereocenters. The predicted octanol–water partition coefficient (Wildman–Crippen LogP) is 4.30. The molecule has 2 aromatic rings. The minimum Gasteiger partial charge on any atom is -0.473 e. The molecule has 1 aromatic heterocycles. The van der Waals surface area contributed by atoms with Gasteiger partial charge in [-0.2, -0.15) is 0 Å². The van der Waals surface area contributed by atoms with Crippen LogP contribution < -0.4 is 4.74 Å². The van der Waals surface area contributed by atoms with Crippen molar-refractivity contribution >= 4 is 23.8 Å². The molecule has 1 aromatic carbocycles. The van der Waals surface area contributed by atoms with Gasteiger partial charge in [0.05, 0.1) is 17.7 Å². The number of rotatable bonds is 7. The average Bonchev–Trinajstić information content (AvgIpc) is 2.59. The predicted molar refractivity (Wildman–Crippen MR) is 98.0 cm³/mol. The highest BCUT2D eigenvalue weighted by atomic mass is 32.2. The van der Waals surface area contributed by atoms with Crippen molar-refractivity contribution in [2.75, 3.05) is 19.8 Å². The van der Waals surface area contributed by atoms with Crippen molar-refractivity contribution in [3.63, 3.8) is 0 Å². The topological polar surface area (TPSA) is 37.7 Å². The minimum atomic E-state index is 0.518. The fourth-order valence-corrected chi connectivity index (χ4v) is 2.57. The van der Waals surface area contributed by atoms with Gasteiger partial charge in [-0.05, 0) is 32.2 Å². The first-order valence-corrected chi connectivity index (χ1v) is 8.83. The van der Waals surface area contributed by atoms with Gasteiger partial charge in [0, 0.05) is 30.1 Å². The third-order valence-electron chi connectivity index (χ3n) is 3.49. The number of aryl methyl sites for hydroxylation is 1. The summed E-state index contributed by atoms with van der Waals surface area (Å²) in [5.41, 5.74) is 2.90. The highest BCUT2D eigenvalue weighted by molar-refractivity contribution is 7.98. The van der Waals surface area contributed by atoms with Crippen LogP contribution in [0.3, 0.4) is 0 Å². The fraction of sp³-hybridized carbons (Fsp3) is 0.333. The van der Waals surface area contributed by atoms with Crippen molar-refractivity contribution in [3.05, 3.63) is 47.7 Å². The van der Waals surface area contributed by atoms with Gasteiger partial charge in [0.25, 0.3) is 0 Å². The standard InChI is InChI=1S/C18H23N3OS/c1-5-21(3)13-19-16-10-11-18(20-14(16)2)22-12-15-8-6-7-9-17(15)23-4/h6-11,13H,5,12H2,1-4H3/b19-13+. The summed E-state index contributed by atoms with van der Waals surface area (Å²) in [6.45, 7) is 5.47. The van der Waals surface area contributed by atoms with E-state index in [1.165, 1.54) is 10.5 Å². The summed E-state index contributed by atoms with van der Waals surface area (Å²) in [6, 6.07) is 12.1. The highest BCUT2D eigenvalue weighted by Crippen LogP contribution is 2.23. The third kappa shape index (κ3) is 4.99. The summed E-state index contributed by atoms with van der Waals surface area (Å²) in [6.07, 6.45) is 3.89. The smallest absolute Gasteiger partial charge is 0.213 e. The zero-order chi connectivity index (χ0) is 16.7. The lowest BCUT2D eigenvalue weighted by Gasteiger charge is -2.11. The summed E-state index contributed by atoms with van der Waals surface area (Å²) in [4.78, 5) is 12.2. The van der Waals surface area contributed by atoms with Crippen LogP contribution in [0.5, 0.6) is 5.88 Å². The van der Waals surface area contributed by atoms with Crippen LogP contribution in [0.4, 0.5) is 5.69 Å². The van der Waals surface area contributed by atoms with Crippen LogP contribution in [0.15, 0.2) is 46.3 Å². The molecule has 1 heterocycles. The lowest BCUT2D eigenvalue weighted by Crippen LogP contribution is -2.14. The van der Waals surface area contributed by atoms with Crippen LogP contribution in [0.2, 0.25) is 0 Å². The molecular formula is C18H23N3OS. The molecule has 0 N–H and O–H groups in total. The van der Waals surface area contributed by atoms with E-state index in [4.69, 9.17) is 4.74 Å². The number of nitrogens with zero attached hydrogens (tertiary/aromatic N) is 3. The van der Waals surface area contributed by atoms with Gasteiger partial charge < -0.3 is 9.64 Å². The van der Waals surface area contributed by atoms with Gasteiger partial charge >= 0.3 is 0 Å². The molecule has 23 heavy (non-hydrogen) atoms. The Bertz CT molecular complexity index is 673. The minimum absolute atomic E-state index is 0.518. The quantitative estimate of drug-likeness (QED) is 0.431. The number of hydrogen-bond acceptors (Lipinski definition) is 4. The molecular weight excluding hydrogens is 306 g/mol. The zero-order valence-electron chi connectivity index (χ0n) is 14.1. The molecule has 0 spiro atoms. The number of aliphatic imine (C=N–C) groups is 1. The Kier molecular flexibility index (Phi) is 6.47. The second-order valence-corrected chi connectivity index (χ2v) is 6.02. The van der Waals surface area contributed by atoms with Crippen LogP contribution in [0, 0.1) is 6.92 Å². The largest absolute Gasteiger partial charge is 0.473 e. The average molecular weight is 329 g/mol. The number of aromatic nitrogens is 1. The van der Waals surface area contributed by atoms with Crippen molar-refractivity contribution < 1.29 is 4.74 Å². The van der Waals surface area contributed by atoms with Gasteiger partial charge in [-0.25, -0.2) is 9.98 Å². The Hall–Kier alpha value is -2.01. The molecule has 2 rings (SSSR count). The van der Waals surface area contributed by atoms with Crippen molar-refractivity contribution in [1.29, 1.82) is 0 Å². The van der Waals surface area contributed by atoms with E-state index in [9.17, 15) is 0 Å². The molecule has 0 fully saturated rings. The van der Waals surface area contributed by atoms with E-state index in [1.54, 1.807) is 11.8 Å². The van der Waals surface area contributed by atoms with Crippen molar-refractivity contribution in [2.45, 2.75) is 25.3 Å². The van der Waals surface area contributed by atoms with E-state index in [2.05, 4.69) is 35.3 Å². The Morgan fingerprint density at radius 1 is 1.26 bits per heavy atom. The van der Waals surface area contributed by atoms with E-state index in [1.807, 2.05) is 49.5 Å². The monoisotopic (exact) mass is 329 g/mol. The van der Waals surface area contributed by atoms with E-state index in [0.29, 0.717) is 12.5 Å². The summed E-state index contributed by atoms with van der Waals surface area (Å²) in [7, 11) is 1.99. The molecule has 0 bridgehead atoms. The molecule has 0 aliphatic rings. The van der Waals surface area contributed by atoms with Gasteiger partial charge in [-0.1, -0.05) is 18.2 Å². The Balaban J connectivity index is 2.04. The number of hydrogen-bond donors (Lipinski definition) is 0. The van der Waals surface area contributed by atoms with E-state index >= 15 is 0 Å². The second-order valence-electron chi connectivity index (χ2n) is 5.17. The van der Waals surface area contributed by atoms with Crippen LogP contribution in [0.1, 0.15) is 18.2 Å². The lowest BCUT2D eigenvalue weighted by molar-refractivity contribution is 0.291. The summed E-state index contributed by atoms with van der Waals surface area (Å²) < 4.78 is 5.83. The molecule has 0 saturated carbocycles. The van der Waals surface area contributed by atoms with Gasteiger partial charge in [0.1, 0.15) is 6.61 Å². The third-order valence-corrected chi connectivity index (χ3v) is 4.33. The molecule has 0 radical (unpaired) electrons. The fourth-order valence-electron chi connectivity index (χ4n) is 1.96. The zero-order valence-corrected chi connectivity index (χ0v) is 14.9. The maximum absolute atomic E-state index is 5.83. The number of pyridine rings is 1. The molecule has 0 aliphatic carbocycles. The van der Waals surface area contributed by atoms with Crippen LogP contribution in [-0.4, -0.2) is 36.1 Å².